The number of benzene rings is 2. The zero-order chi connectivity index (χ0) is 19.6. The lowest BCUT2D eigenvalue weighted by Crippen LogP contribution is -2.23. The Morgan fingerprint density at radius 3 is 2.57 bits per heavy atom. The van der Waals surface area contributed by atoms with Crippen LogP contribution in [0, 0.1) is 0 Å². The molecule has 146 valence electrons. The van der Waals surface area contributed by atoms with Gasteiger partial charge in [0.2, 0.25) is 0 Å². The van der Waals surface area contributed by atoms with E-state index in [9.17, 15) is 0 Å². The Hall–Kier alpha value is -3.05. The summed E-state index contributed by atoms with van der Waals surface area (Å²) < 4.78 is 11.7. The largest absolute Gasteiger partial charge is 0.493 e. The van der Waals surface area contributed by atoms with E-state index in [-0.39, 0.29) is 0 Å². The van der Waals surface area contributed by atoms with Crippen LogP contribution in [0.5, 0.6) is 11.5 Å². The molecule has 0 saturated carbocycles. The summed E-state index contributed by atoms with van der Waals surface area (Å²) >= 11 is 0. The van der Waals surface area contributed by atoms with Gasteiger partial charge in [-0.05, 0) is 49.7 Å². The van der Waals surface area contributed by atoms with Crippen LogP contribution >= 0.6 is 0 Å². The van der Waals surface area contributed by atoms with Crippen LogP contribution < -0.4 is 20.5 Å². The average Bonchev–Trinajstić information content (AvgIpc) is 2.72. The van der Waals surface area contributed by atoms with Crippen molar-refractivity contribution in [2.75, 3.05) is 32.0 Å². The zero-order valence-electron chi connectivity index (χ0n) is 16.2. The predicted molar refractivity (Wildman–Crippen MR) is 114 cm³/mol. The number of ether oxygens (including phenoxy) is 2. The molecule has 3 rings (SSSR count). The Morgan fingerprint density at radius 1 is 0.929 bits per heavy atom. The Morgan fingerprint density at radius 2 is 1.79 bits per heavy atom. The summed E-state index contributed by atoms with van der Waals surface area (Å²) in [5, 5.41) is 3.41. The molecular formula is C23H27N3O2. The molecule has 0 bridgehead atoms. The first-order valence-corrected chi connectivity index (χ1v) is 9.63. The monoisotopic (exact) mass is 377 g/mol. The van der Waals surface area contributed by atoms with Crippen LogP contribution in [-0.2, 0) is 6.42 Å². The van der Waals surface area contributed by atoms with E-state index in [1.807, 2.05) is 43.3 Å². The molecule has 0 aliphatic heterocycles. The standard InChI is InChI=1S/C23H27N3O2/c1-2-27-22-17-19(11-12-20(22)21-9-6-10-23(24)26-21)28-16-15-25-14-13-18-7-4-3-5-8-18/h3-12,17,25H,2,13-16H2,1H3,(H2,24,26). The minimum Gasteiger partial charge on any atom is -0.493 e. The van der Waals surface area contributed by atoms with Crippen molar-refractivity contribution < 1.29 is 9.47 Å². The molecule has 0 aliphatic rings. The van der Waals surface area contributed by atoms with Crippen LogP contribution in [-0.4, -0.2) is 31.3 Å². The van der Waals surface area contributed by atoms with Gasteiger partial charge in [0.15, 0.2) is 0 Å². The SMILES string of the molecule is CCOc1cc(OCCNCCc2ccccc2)ccc1-c1cccc(N)n1. The summed E-state index contributed by atoms with van der Waals surface area (Å²) in [6.45, 7) is 4.84. The topological polar surface area (TPSA) is 69.4 Å². The number of nitrogens with two attached hydrogens (primary N) is 1. The van der Waals surface area contributed by atoms with Gasteiger partial charge in [-0.2, -0.15) is 0 Å². The Bertz CT molecular complexity index is 869. The molecule has 0 spiro atoms. The molecule has 3 aromatic rings. The predicted octanol–water partition coefficient (Wildman–Crippen LogP) is 3.94. The van der Waals surface area contributed by atoms with Gasteiger partial charge in [0.25, 0.3) is 0 Å². The third-order valence-corrected chi connectivity index (χ3v) is 4.28. The lowest BCUT2D eigenvalue weighted by Gasteiger charge is -2.13. The average molecular weight is 377 g/mol. The molecule has 5 heteroatoms. The maximum Gasteiger partial charge on any atom is 0.132 e. The lowest BCUT2D eigenvalue weighted by atomic mass is 10.1. The summed E-state index contributed by atoms with van der Waals surface area (Å²) in [6.07, 6.45) is 1.01. The van der Waals surface area contributed by atoms with Crippen LogP contribution in [0.1, 0.15) is 12.5 Å². The molecule has 0 unspecified atom stereocenters. The second kappa shape index (κ2) is 10.3. The van der Waals surface area contributed by atoms with Crippen molar-refractivity contribution in [3.63, 3.8) is 0 Å². The maximum absolute atomic E-state index is 5.87. The normalized spacial score (nSPS) is 10.6. The molecule has 0 amide bonds. The van der Waals surface area contributed by atoms with Gasteiger partial charge in [-0.15, -0.1) is 0 Å². The fourth-order valence-electron chi connectivity index (χ4n) is 2.92. The van der Waals surface area contributed by atoms with E-state index < -0.39 is 0 Å². The molecule has 0 atom stereocenters. The van der Waals surface area contributed by atoms with E-state index >= 15 is 0 Å². The third kappa shape index (κ3) is 5.72. The first-order valence-electron chi connectivity index (χ1n) is 9.63. The second-order valence-electron chi connectivity index (χ2n) is 6.37. The van der Waals surface area contributed by atoms with Crippen molar-refractivity contribution in [3.8, 4) is 22.8 Å². The van der Waals surface area contributed by atoms with Crippen molar-refractivity contribution in [2.45, 2.75) is 13.3 Å². The molecule has 5 nitrogen and oxygen atoms in total. The Balaban J connectivity index is 1.52. The fraction of sp³-hybridized carbons (Fsp3) is 0.261. The molecular weight excluding hydrogens is 350 g/mol. The van der Waals surface area contributed by atoms with Crippen LogP contribution in [0.3, 0.4) is 0 Å². The van der Waals surface area contributed by atoms with Gasteiger partial charge in [-0.25, -0.2) is 4.98 Å². The number of rotatable bonds is 10. The molecule has 3 N–H and O–H groups in total. The van der Waals surface area contributed by atoms with Crippen LogP contribution in [0.25, 0.3) is 11.3 Å². The molecule has 0 radical (unpaired) electrons. The van der Waals surface area contributed by atoms with Crippen molar-refractivity contribution >= 4 is 5.82 Å². The maximum atomic E-state index is 5.87. The summed E-state index contributed by atoms with van der Waals surface area (Å²) in [6, 6.07) is 21.8. The highest BCUT2D eigenvalue weighted by Crippen LogP contribution is 2.32. The van der Waals surface area contributed by atoms with Gasteiger partial charge in [-0.3, -0.25) is 0 Å². The number of nitrogen functional groups attached to an aromatic ring is 1. The van der Waals surface area contributed by atoms with Crippen LogP contribution in [0.4, 0.5) is 5.82 Å². The highest BCUT2D eigenvalue weighted by Gasteiger charge is 2.10. The molecule has 2 aromatic carbocycles. The summed E-state index contributed by atoms with van der Waals surface area (Å²) in [5.41, 5.74) is 8.84. The zero-order valence-corrected chi connectivity index (χ0v) is 16.2. The number of hydrogen-bond acceptors (Lipinski definition) is 5. The summed E-state index contributed by atoms with van der Waals surface area (Å²) in [7, 11) is 0. The molecule has 0 aliphatic carbocycles. The van der Waals surface area contributed by atoms with E-state index in [0.717, 1.165) is 42.3 Å². The second-order valence-corrected chi connectivity index (χ2v) is 6.37. The number of nitrogens with zero attached hydrogens (tertiary/aromatic N) is 1. The van der Waals surface area contributed by atoms with E-state index in [1.165, 1.54) is 5.56 Å². The van der Waals surface area contributed by atoms with Crippen molar-refractivity contribution in [1.29, 1.82) is 0 Å². The number of nitrogens with one attached hydrogen (secondary N) is 1. The first kappa shape index (κ1) is 19.7. The van der Waals surface area contributed by atoms with Gasteiger partial charge < -0.3 is 20.5 Å². The molecule has 0 fully saturated rings. The number of aromatic nitrogens is 1. The molecule has 28 heavy (non-hydrogen) atoms. The van der Waals surface area contributed by atoms with Gasteiger partial charge >= 0.3 is 0 Å². The smallest absolute Gasteiger partial charge is 0.132 e. The van der Waals surface area contributed by atoms with E-state index in [2.05, 4.69) is 34.6 Å². The Labute approximate surface area is 166 Å². The van der Waals surface area contributed by atoms with Gasteiger partial charge in [0.05, 0.1) is 12.3 Å². The van der Waals surface area contributed by atoms with E-state index in [4.69, 9.17) is 15.2 Å². The third-order valence-electron chi connectivity index (χ3n) is 4.28. The van der Waals surface area contributed by atoms with Crippen molar-refractivity contribution in [2.24, 2.45) is 0 Å². The lowest BCUT2D eigenvalue weighted by molar-refractivity contribution is 0.307. The molecule has 1 heterocycles. The van der Waals surface area contributed by atoms with E-state index in [1.54, 1.807) is 6.07 Å². The van der Waals surface area contributed by atoms with E-state index in [0.29, 0.717) is 19.0 Å². The van der Waals surface area contributed by atoms with Gasteiger partial charge in [0, 0.05) is 18.2 Å². The number of anilines is 1. The first-order chi connectivity index (χ1) is 13.8. The van der Waals surface area contributed by atoms with Crippen molar-refractivity contribution in [3.05, 3.63) is 72.3 Å². The molecule has 1 aromatic heterocycles. The highest BCUT2D eigenvalue weighted by molar-refractivity contribution is 5.69. The van der Waals surface area contributed by atoms with Crippen LogP contribution in [0.2, 0.25) is 0 Å². The number of pyridine rings is 1. The van der Waals surface area contributed by atoms with Gasteiger partial charge in [0.1, 0.15) is 23.9 Å². The summed E-state index contributed by atoms with van der Waals surface area (Å²) in [4.78, 5) is 4.38. The minimum atomic E-state index is 0.488. The quantitative estimate of drug-likeness (QED) is 0.524. The van der Waals surface area contributed by atoms with Crippen molar-refractivity contribution in [1.82, 2.24) is 10.3 Å². The molecule has 0 saturated heterocycles. The number of hydrogen-bond donors (Lipinski definition) is 2. The highest BCUT2D eigenvalue weighted by atomic mass is 16.5. The minimum absolute atomic E-state index is 0.488. The van der Waals surface area contributed by atoms with Crippen LogP contribution in [0.15, 0.2) is 66.7 Å². The Kier molecular flexibility index (Phi) is 7.27. The summed E-state index contributed by atoms with van der Waals surface area (Å²) in [5.74, 6) is 2.01. The fourth-order valence-corrected chi connectivity index (χ4v) is 2.92. The van der Waals surface area contributed by atoms with Gasteiger partial charge in [-0.1, -0.05) is 36.4 Å².